The molecule has 1 aromatic carbocycles. The maximum Gasteiger partial charge on any atom is 0.255 e. The van der Waals surface area contributed by atoms with Gasteiger partial charge in [-0.1, -0.05) is 19.3 Å². The van der Waals surface area contributed by atoms with Gasteiger partial charge in [-0.3, -0.25) is 19.3 Å². The Morgan fingerprint density at radius 2 is 1.80 bits per heavy atom. The first-order chi connectivity index (χ1) is 19.5. The molecule has 8 N–H and O–H groups in total. The number of primary amides is 1. The molecule has 1 saturated heterocycles. The number of aliphatic hydroxyl groups excluding tert-OH is 2. The number of hydrogen-bond donors (Lipinski definition) is 6. The summed E-state index contributed by atoms with van der Waals surface area (Å²) in [6.07, 6.45) is 7.95. The zero-order valence-corrected chi connectivity index (χ0v) is 23.1. The van der Waals surface area contributed by atoms with Crippen molar-refractivity contribution in [3.63, 3.8) is 0 Å². The minimum Gasteiger partial charge on any atom is -0.508 e. The van der Waals surface area contributed by atoms with E-state index >= 15 is 0 Å². The molecule has 1 aliphatic heterocycles. The molecular weight excluding hydrogens is 530 g/mol. The SMILES string of the molecule is COc1c([C@@H]2CCCN2C2CCCCC2)cc(O)c2c1C[C@H]1C[C@H]3[C@H](N)C(=O)C(C(N)=O)=C(O)[C@@]3(O)C(=O)C1=C2O. The van der Waals surface area contributed by atoms with Gasteiger partial charge in [-0.25, -0.2) is 0 Å². The minimum atomic E-state index is -2.72. The quantitative estimate of drug-likeness (QED) is 0.292. The number of benzene rings is 1. The first-order valence-electron chi connectivity index (χ1n) is 14.4. The van der Waals surface area contributed by atoms with Gasteiger partial charge < -0.3 is 36.6 Å². The number of ether oxygens (including phenoxy) is 1. The summed E-state index contributed by atoms with van der Waals surface area (Å²) < 4.78 is 5.94. The fourth-order valence-electron chi connectivity index (χ4n) is 8.25. The molecule has 1 aromatic rings. The third-order valence-electron chi connectivity index (χ3n) is 10.1. The van der Waals surface area contributed by atoms with Crippen molar-refractivity contribution in [2.45, 2.75) is 81.5 Å². The molecule has 11 heteroatoms. The Balaban J connectivity index is 1.47. The molecule has 5 aliphatic rings. The summed E-state index contributed by atoms with van der Waals surface area (Å²) in [5.74, 6) is -6.67. The molecule has 4 aliphatic carbocycles. The summed E-state index contributed by atoms with van der Waals surface area (Å²) >= 11 is 0. The first-order valence-corrected chi connectivity index (χ1v) is 14.4. The average Bonchev–Trinajstić information content (AvgIpc) is 3.43. The van der Waals surface area contributed by atoms with Crippen LogP contribution in [-0.2, 0) is 20.8 Å². The Hall–Kier alpha value is -3.41. The number of methoxy groups -OCH3 is 1. The second-order valence-corrected chi connectivity index (χ2v) is 12.1. The van der Waals surface area contributed by atoms with Crippen molar-refractivity contribution >= 4 is 23.2 Å². The summed E-state index contributed by atoms with van der Waals surface area (Å²) in [6.45, 7) is 0.958. The van der Waals surface area contributed by atoms with Crippen molar-refractivity contribution in [1.82, 2.24) is 4.90 Å². The van der Waals surface area contributed by atoms with E-state index in [4.69, 9.17) is 16.2 Å². The number of carbonyl (C=O) groups is 3. The summed E-state index contributed by atoms with van der Waals surface area (Å²) in [6, 6.07) is 0.623. The molecule has 0 aromatic heterocycles. The van der Waals surface area contributed by atoms with Gasteiger partial charge in [-0.05, 0) is 57.1 Å². The van der Waals surface area contributed by atoms with Gasteiger partial charge in [-0.2, -0.15) is 0 Å². The number of likely N-dealkylation sites (tertiary alicyclic amines) is 1. The van der Waals surface area contributed by atoms with Crippen molar-refractivity contribution in [3.05, 3.63) is 39.7 Å². The normalized spacial score (nSPS) is 32.6. The number of carbonyl (C=O) groups excluding carboxylic acids is 3. The maximum atomic E-state index is 13.8. The van der Waals surface area contributed by atoms with Crippen molar-refractivity contribution in [1.29, 1.82) is 0 Å². The van der Waals surface area contributed by atoms with Crippen LogP contribution in [0.3, 0.4) is 0 Å². The number of hydrogen-bond acceptors (Lipinski definition) is 10. The molecule has 2 saturated carbocycles. The highest BCUT2D eigenvalue weighted by Crippen LogP contribution is 2.54. The molecule has 11 nitrogen and oxygen atoms in total. The van der Waals surface area contributed by atoms with E-state index in [1.54, 1.807) is 13.2 Å². The van der Waals surface area contributed by atoms with E-state index in [-0.39, 0.29) is 35.8 Å². The minimum absolute atomic E-state index is 0.0317. The van der Waals surface area contributed by atoms with E-state index in [2.05, 4.69) is 4.90 Å². The molecule has 0 bridgehead atoms. The Morgan fingerprint density at radius 3 is 2.46 bits per heavy atom. The fraction of sp³-hybridized carbons (Fsp3) is 0.567. The summed E-state index contributed by atoms with van der Waals surface area (Å²) in [7, 11) is 1.54. The third-order valence-corrected chi connectivity index (χ3v) is 10.1. The largest absolute Gasteiger partial charge is 0.508 e. The Bertz CT molecular complexity index is 1410. The summed E-state index contributed by atoms with van der Waals surface area (Å²) in [5.41, 5.74) is 8.95. The van der Waals surface area contributed by atoms with E-state index in [1.165, 1.54) is 19.3 Å². The Kier molecular flexibility index (Phi) is 6.67. The zero-order valence-electron chi connectivity index (χ0n) is 23.1. The van der Waals surface area contributed by atoms with Gasteiger partial charge in [0.05, 0.1) is 18.7 Å². The zero-order chi connectivity index (χ0) is 29.4. The smallest absolute Gasteiger partial charge is 0.255 e. The highest BCUT2D eigenvalue weighted by Gasteiger charge is 2.63. The van der Waals surface area contributed by atoms with Gasteiger partial charge in [0.15, 0.2) is 11.4 Å². The Morgan fingerprint density at radius 1 is 1.10 bits per heavy atom. The molecule has 41 heavy (non-hydrogen) atoms. The fourth-order valence-corrected chi connectivity index (χ4v) is 8.25. The van der Waals surface area contributed by atoms with E-state index in [0.29, 0.717) is 17.4 Å². The molecule has 0 unspecified atom stereocenters. The van der Waals surface area contributed by atoms with Crippen LogP contribution >= 0.6 is 0 Å². The van der Waals surface area contributed by atoms with Gasteiger partial charge in [0.1, 0.15) is 28.6 Å². The van der Waals surface area contributed by atoms with Crippen LogP contribution in [0.5, 0.6) is 11.5 Å². The molecular formula is C30H37N3O8. The predicted octanol–water partition coefficient (Wildman–Crippen LogP) is 1.84. The van der Waals surface area contributed by atoms with Crippen LogP contribution in [0.25, 0.3) is 5.76 Å². The van der Waals surface area contributed by atoms with Crippen molar-refractivity contribution in [2.75, 3.05) is 13.7 Å². The predicted molar refractivity (Wildman–Crippen MR) is 147 cm³/mol. The molecule has 220 valence electrons. The highest BCUT2D eigenvalue weighted by atomic mass is 16.5. The Labute approximate surface area is 237 Å². The van der Waals surface area contributed by atoms with Crippen LogP contribution in [0.2, 0.25) is 0 Å². The number of nitrogens with two attached hydrogens (primary N) is 2. The number of nitrogens with zero attached hydrogens (tertiary/aromatic N) is 1. The molecule has 1 amide bonds. The molecule has 0 radical (unpaired) electrons. The number of aliphatic hydroxyl groups is 3. The topological polar surface area (TPSA) is 197 Å². The van der Waals surface area contributed by atoms with Crippen LogP contribution in [-0.4, -0.2) is 74.1 Å². The number of aromatic hydroxyl groups is 1. The third kappa shape index (κ3) is 3.85. The molecule has 0 spiro atoms. The van der Waals surface area contributed by atoms with E-state index < -0.39 is 58.0 Å². The lowest BCUT2D eigenvalue weighted by Crippen LogP contribution is -2.65. The molecule has 3 fully saturated rings. The van der Waals surface area contributed by atoms with Crippen molar-refractivity contribution in [2.24, 2.45) is 23.3 Å². The van der Waals surface area contributed by atoms with Gasteiger partial charge in [-0.15, -0.1) is 0 Å². The highest BCUT2D eigenvalue weighted by molar-refractivity contribution is 6.24. The first kappa shape index (κ1) is 27.7. The molecule has 1 heterocycles. The van der Waals surface area contributed by atoms with E-state index in [9.17, 15) is 34.8 Å². The van der Waals surface area contributed by atoms with Crippen LogP contribution in [0, 0.1) is 11.8 Å². The second-order valence-electron chi connectivity index (χ2n) is 12.1. The number of Topliss-reactive ketones (excluding diaryl/α,β-unsaturated/α-hetero) is 2. The van der Waals surface area contributed by atoms with Crippen molar-refractivity contribution in [3.8, 4) is 11.5 Å². The van der Waals surface area contributed by atoms with Crippen molar-refractivity contribution < 1.29 is 39.5 Å². The second kappa shape index (κ2) is 9.85. The lowest BCUT2D eigenvalue weighted by atomic mass is 9.58. The van der Waals surface area contributed by atoms with Gasteiger partial charge in [0.25, 0.3) is 5.91 Å². The van der Waals surface area contributed by atoms with E-state index in [0.717, 1.165) is 37.8 Å². The average molecular weight is 568 g/mol. The number of phenols is 1. The number of ketones is 2. The molecule has 5 atom stereocenters. The maximum absolute atomic E-state index is 13.8. The van der Waals surface area contributed by atoms with Crippen LogP contribution in [0.15, 0.2) is 23.0 Å². The van der Waals surface area contributed by atoms with Crippen LogP contribution in [0.1, 0.15) is 74.1 Å². The van der Waals surface area contributed by atoms with Gasteiger partial charge >= 0.3 is 0 Å². The number of phenolic OH excluding ortho intramolecular Hbond substituents is 1. The van der Waals surface area contributed by atoms with Gasteiger partial charge in [0.2, 0.25) is 5.78 Å². The number of fused-ring (bicyclic) bond motifs is 3. The lowest BCUT2D eigenvalue weighted by molar-refractivity contribution is -0.149. The van der Waals surface area contributed by atoms with Crippen LogP contribution < -0.4 is 16.2 Å². The van der Waals surface area contributed by atoms with Gasteiger partial charge in [0, 0.05) is 34.7 Å². The summed E-state index contributed by atoms with van der Waals surface area (Å²) in [5, 5.41) is 45.1. The monoisotopic (exact) mass is 567 g/mol. The van der Waals surface area contributed by atoms with Crippen LogP contribution in [0.4, 0.5) is 0 Å². The molecule has 6 rings (SSSR count). The van der Waals surface area contributed by atoms with E-state index in [1.807, 2.05) is 0 Å². The number of amides is 1. The number of rotatable bonds is 4. The standard InChI is InChI=1S/C30H37N3O8/c1-41-26-15(18-8-5-9-33(18)14-6-3-2-4-7-14)12-19(34)21-16(26)10-13-11-17-23(31)25(36)22(29(32)39)28(38)30(17,40)27(37)20(13)24(21)35/h12-14,17-18,23,34-35,38,40H,2-11,31H2,1H3,(H2,32,39)/t13-,17-,18-,23-,30-/m0/s1. The lowest BCUT2D eigenvalue weighted by Gasteiger charge is -2.48. The summed E-state index contributed by atoms with van der Waals surface area (Å²) in [4.78, 5) is 41.1.